The zero-order chi connectivity index (χ0) is 47.2. The number of hydrogen-bond acceptors (Lipinski definition) is 10. The van der Waals surface area contributed by atoms with Crippen molar-refractivity contribution in [1.82, 2.24) is 55.2 Å². The van der Waals surface area contributed by atoms with Crippen molar-refractivity contribution < 1.29 is 52.2 Å². The van der Waals surface area contributed by atoms with E-state index in [-0.39, 0.29) is 48.8 Å². The Bertz CT molecular complexity index is 2560. The van der Waals surface area contributed by atoms with Crippen LogP contribution in [-0.4, -0.2) is 136 Å². The van der Waals surface area contributed by atoms with Gasteiger partial charge in [-0.15, -0.1) is 0 Å². The molecule has 0 unspecified atom stereocenters. The van der Waals surface area contributed by atoms with E-state index in [0.29, 0.717) is 35.9 Å². The molecule has 2 aliphatic rings. The highest BCUT2D eigenvalue weighted by molar-refractivity contribution is 5.88. The van der Waals surface area contributed by atoms with Gasteiger partial charge in [0.1, 0.15) is 17.7 Å². The summed E-state index contributed by atoms with van der Waals surface area (Å²) in [6.45, 7) is 5.78. The number of benzene rings is 2. The monoisotopic (exact) mass is 903 g/mol. The predicted octanol–water partition coefficient (Wildman–Crippen LogP) is 4.92. The predicted molar refractivity (Wildman–Crippen MR) is 227 cm³/mol. The van der Waals surface area contributed by atoms with Crippen molar-refractivity contribution in [2.45, 2.75) is 70.8 Å². The fourth-order valence-corrected chi connectivity index (χ4v) is 7.83. The fraction of sp³-hybridized carbons (Fsp3) is 0.395. The number of carboxylic acids is 1. The summed E-state index contributed by atoms with van der Waals surface area (Å²) in [5, 5.41) is 21.7. The highest BCUT2D eigenvalue weighted by Crippen LogP contribution is 2.35. The van der Waals surface area contributed by atoms with Crippen LogP contribution in [0.5, 0.6) is 0 Å². The molecule has 2 saturated heterocycles. The van der Waals surface area contributed by atoms with Gasteiger partial charge in [0.05, 0.1) is 65.7 Å². The maximum atomic E-state index is 13.6. The van der Waals surface area contributed by atoms with Gasteiger partial charge in [0.2, 0.25) is 23.6 Å². The molecule has 3 aromatic heterocycles. The van der Waals surface area contributed by atoms with E-state index in [1.165, 1.54) is 14.0 Å². The van der Waals surface area contributed by atoms with E-state index >= 15 is 0 Å². The minimum Gasteiger partial charge on any atom is -0.475 e. The molecule has 7 rings (SSSR count). The molecule has 22 heteroatoms. The van der Waals surface area contributed by atoms with Crippen LogP contribution in [0.3, 0.4) is 0 Å². The van der Waals surface area contributed by atoms with Gasteiger partial charge >= 0.3 is 18.2 Å². The van der Waals surface area contributed by atoms with Crippen LogP contribution in [0.2, 0.25) is 0 Å². The Labute approximate surface area is 369 Å². The number of amides is 5. The molecule has 6 N–H and O–H groups in total. The number of hydrogen-bond donors (Lipinski definition) is 6. The quantitative estimate of drug-likeness (QED) is 0.0975. The molecule has 0 bridgehead atoms. The number of nitrogens with one attached hydrogen (secondary N) is 4. The highest BCUT2D eigenvalue weighted by atomic mass is 19.4. The van der Waals surface area contributed by atoms with Crippen molar-refractivity contribution in [2.75, 3.05) is 33.2 Å². The van der Waals surface area contributed by atoms with Crippen molar-refractivity contribution in [3.05, 3.63) is 72.7 Å². The fourth-order valence-electron chi connectivity index (χ4n) is 7.83. The van der Waals surface area contributed by atoms with Gasteiger partial charge in [-0.3, -0.25) is 29.1 Å². The lowest BCUT2D eigenvalue weighted by Crippen LogP contribution is -2.51. The van der Waals surface area contributed by atoms with Gasteiger partial charge in [0.25, 0.3) is 0 Å². The Hall–Kier alpha value is -7.39. The summed E-state index contributed by atoms with van der Waals surface area (Å²) >= 11 is 0. The average Bonchev–Trinajstić information content (AvgIpc) is 4.11. The maximum Gasteiger partial charge on any atom is 0.490 e. The molecule has 2 aliphatic heterocycles. The number of nitrogens with zero attached hydrogens (tertiary/aromatic N) is 7. The number of likely N-dealkylation sites (N-methyl/N-ethyl adjacent to an activating group) is 1. The van der Waals surface area contributed by atoms with Crippen molar-refractivity contribution in [3.8, 4) is 33.8 Å². The lowest BCUT2D eigenvalue weighted by atomic mass is 10.0. The topological polar surface area (TPSA) is 260 Å². The molecule has 2 aromatic carbocycles. The van der Waals surface area contributed by atoms with E-state index in [4.69, 9.17) is 24.9 Å². The summed E-state index contributed by atoms with van der Waals surface area (Å²) in [7, 11) is 1.44. The summed E-state index contributed by atoms with van der Waals surface area (Å²) < 4.78 is 31.7. The molecule has 0 spiro atoms. The smallest absolute Gasteiger partial charge is 0.475 e. The molecule has 0 saturated carbocycles. The summed E-state index contributed by atoms with van der Waals surface area (Å²) in [5.74, 6) is -2.79. The normalized spacial score (nSPS) is 16.5. The lowest BCUT2D eigenvalue weighted by Gasteiger charge is -2.33. The van der Waals surface area contributed by atoms with Crippen molar-refractivity contribution >= 4 is 46.7 Å². The van der Waals surface area contributed by atoms with Gasteiger partial charge in [-0.05, 0) is 43.7 Å². The standard InChI is InChI=1S/C41H47N11O6.C2HF3O2/c1-23(2)37(50(4)41(57)58)40(56)52-16-6-8-34(52)39-45-19-31(48-39)26-11-9-25(10-12-26)30-18-43-29-17-27(13-14-28(29)47-30)32-20-46-38(49-32)33-7-5-15-51(33)36(55)22-44-35(54)21-42-24(3)53;3-2(4,5)1(6)7/h9-14,17-20,23,33-34,37H,5-8,15-16,21-22H2,1-4H3,(H,42,53)(H,44,54)(H,45,48)(H,46,49)(H,57,58);(H,6,7)/t33-,34-,37-;/m0./s1. The number of aromatic nitrogens is 6. The Morgan fingerprint density at radius 2 is 1.43 bits per heavy atom. The summed E-state index contributed by atoms with van der Waals surface area (Å²) in [4.78, 5) is 101. The molecule has 65 heavy (non-hydrogen) atoms. The van der Waals surface area contributed by atoms with Gasteiger partial charge < -0.3 is 40.6 Å². The summed E-state index contributed by atoms with van der Waals surface area (Å²) in [6, 6.07) is 12.4. The number of imidazole rings is 2. The zero-order valence-electron chi connectivity index (χ0n) is 35.8. The third-order valence-corrected chi connectivity index (χ3v) is 11.0. The number of likely N-dealkylation sites (tertiary alicyclic amines) is 2. The highest BCUT2D eigenvalue weighted by Gasteiger charge is 2.40. The van der Waals surface area contributed by atoms with E-state index < -0.39 is 30.2 Å². The molecule has 2 fully saturated rings. The molecular weight excluding hydrogens is 856 g/mol. The van der Waals surface area contributed by atoms with E-state index in [1.54, 1.807) is 22.2 Å². The largest absolute Gasteiger partial charge is 0.490 e. The van der Waals surface area contributed by atoms with Crippen LogP contribution in [0.4, 0.5) is 18.0 Å². The molecule has 0 radical (unpaired) electrons. The number of aromatic amines is 2. The number of fused-ring (bicyclic) bond motifs is 1. The maximum absolute atomic E-state index is 13.6. The number of alkyl halides is 3. The summed E-state index contributed by atoms with van der Waals surface area (Å²) in [5.41, 5.74) is 6.30. The van der Waals surface area contributed by atoms with Gasteiger partial charge in [0, 0.05) is 49.9 Å². The molecule has 5 heterocycles. The van der Waals surface area contributed by atoms with E-state index in [9.17, 15) is 42.3 Å². The van der Waals surface area contributed by atoms with Crippen LogP contribution in [0.1, 0.15) is 70.2 Å². The Morgan fingerprint density at radius 1 is 0.815 bits per heavy atom. The summed E-state index contributed by atoms with van der Waals surface area (Å²) in [6.07, 6.45) is 2.18. The number of carbonyl (C=O) groups excluding carboxylic acids is 4. The van der Waals surface area contributed by atoms with E-state index in [2.05, 4.69) is 25.6 Å². The zero-order valence-corrected chi connectivity index (χ0v) is 35.8. The van der Waals surface area contributed by atoms with Gasteiger partial charge in [0.15, 0.2) is 0 Å². The van der Waals surface area contributed by atoms with Gasteiger partial charge in [-0.1, -0.05) is 44.2 Å². The van der Waals surface area contributed by atoms with Crippen molar-refractivity contribution in [2.24, 2.45) is 5.92 Å². The Kier molecular flexibility index (Phi) is 14.5. The first-order valence-corrected chi connectivity index (χ1v) is 20.7. The Morgan fingerprint density at radius 3 is 2.05 bits per heavy atom. The molecule has 19 nitrogen and oxygen atoms in total. The first-order chi connectivity index (χ1) is 30.8. The van der Waals surface area contributed by atoms with E-state index in [1.807, 2.05) is 62.5 Å². The van der Waals surface area contributed by atoms with Crippen LogP contribution < -0.4 is 10.6 Å². The SMILES string of the molecule is CC(=O)NCC(=O)NCC(=O)N1CCC[C@H]1c1ncc(-c2ccc3nc(-c4ccc(-c5c[nH]c([C@@H]6CCCN6C(=O)[C@H](C(C)C)N(C)C(=O)O)n5)cc4)cnc3c2)[nH]1.O=C(O)C(F)(F)F. The number of rotatable bonds is 12. The third-order valence-electron chi connectivity index (χ3n) is 11.0. The first kappa shape index (κ1) is 47.1. The lowest BCUT2D eigenvalue weighted by molar-refractivity contribution is -0.192. The minimum atomic E-state index is -5.08. The van der Waals surface area contributed by atoms with Crippen molar-refractivity contribution in [3.63, 3.8) is 0 Å². The number of carboxylic acid groups (broad SMARTS) is 2. The molecule has 344 valence electrons. The molecule has 0 aliphatic carbocycles. The van der Waals surface area contributed by atoms with Crippen LogP contribution in [0, 0.1) is 5.92 Å². The van der Waals surface area contributed by atoms with Crippen molar-refractivity contribution in [1.29, 1.82) is 0 Å². The number of aliphatic carboxylic acids is 1. The molecule has 3 atom stereocenters. The van der Waals surface area contributed by atoms with Crippen LogP contribution in [0.15, 0.2) is 61.1 Å². The average molecular weight is 904 g/mol. The van der Waals surface area contributed by atoms with Gasteiger partial charge in [-0.2, -0.15) is 13.2 Å². The number of H-pyrrole nitrogens is 2. The Balaban J connectivity index is 0.000000925. The third kappa shape index (κ3) is 11.2. The minimum absolute atomic E-state index is 0.163. The second-order valence-corrected chi connectivity index (χ2v) is 15.9. The van der Waals surface area contributed by atoms with Crippen LogP contribution >= 0.6 is 0 Å². The molecule has 5 amide bonds. The number of halogens is 3. The first-order valence-electron chi connectivity index (χ1n) is 20.7. The second kappa shape index (κ2) is 20.0. The van der Waals surface area contributed by atoms with Crippen LogP contribution in [0.25, 0.3) is 44.8 Å². The van der Waals surface area contributed by atoms with E-state index in [0.717, 1.165) is 64.2 Å². The number of carbonyl (C=O) groups is 6. The molecule has 5 aromatic rings. The molecular formula is C43H48F3N11O8. The van der Waals surface area contributed by atoms with Crippen LogP contribution in [-0.2, 0) is 24.0 Å². The second-order valence-electron chi connectivity index (χ2n) is 15.9. The van der Waals surface area contributed by atoms with Gasteiger partial charge in [-0.25, -0.2) is 24.5 Å².